The Hall–Kier alpha value is -3.56. The van der Waals surface area contributed by atoms with E-state index in [-0.39, 0.29) is 30.6 Å². The minimum atomic E-state index is -0.547. The topological polar surface area (TPSA) is 135 Å². The van der Waals surface area contributed by atoms with E-state index in [4.69, 9.17) is 26.4 Å². The normalized spacial score (nSPS) is 15.8. The number of ether oxygens (including phenoxy) is 2. The van der Waals surface area contributed by atoms with Crippen LogP contribution in [0.2, 0.25) is 0 Å². The van der Waals surface area contributed by atoms with Gasteiger partial charge in [-0.05, 0) is 112 Å². The number of nitrogens with one attached hydrogen (secondary N) is 1. The molecule has 0 aromatic heterocycles. The molecule has 0 saturated heterocycles. The third kappa shape index (κ3) is 6.77. The second kappa shape index (κ2) is 12.7. The van der Waals surface area contributed by atoms with Crippen molar-refractivity contribution < 1.29 is 19.4 Å². The van der Waals surface area contributed by atoms with Gasteiger partial charge < -0.3 is 26.0 Å². The van der Waals surface area contributed by atoms with Crippen molar-refractivity contribution >= 4 is 47.4 Å². The van der Waals surface area contributed by atoms with Crippen LogP contribution in [0.25, 0.3) is 0 Å². The lowest BCUT2D eigenvalue weighted by atomic mass is 9.86. The quantitative estimate of drug-likeness (QED) is 0.140. The molecule has 0 fully saturated rings. The van der Waals surface area contributed by atoms with Gasteiger partial charge in [0.05, 0.1) is 0 Å². The maximum atomic E-state index is 10.9. The van der Waals surface area contributed by atoms with Crippen molar-refractivity contribution in [1.29, 1.82) is 5.41 Å². The number of benzene rings is 3. The van der Waals surface area contributed by atoms with Crippen LogP contribution in [0.1, 0.15) is 42.0 Å². The van der Waals surface area contributed by atoms with Crippen molar-refractivity contribution in [3.63, 3.8) is 0 Å². The van der Waals surface area contributed by atoms with Gasteiger partial charge in [0.1, 0.15) is 22.8 Å². The minimum absolute atomic E-state index is 0. The molecule has 1 atom stereocenters. The van der Waals surface area contributed by atoms with E-state index in [1.54, 1.807) is 40.9 Å². The lowest BCUT2D eigenvalue weighted by Crippen LogP contribution is -2.37. The largest absolute Gasteiger partial charge is 0.507 e. The van der Waals surface area contributed by atoms with Gasteiger partial charge in [0.2, 0.25) is 0 Å². The van der Waals surface area contributed by atoms with Gasteiger partial charge in [0.25, 0.3) is 5.91 Å². The lowest BCUT2D eigenvalue weighted by molar-refractivity contribution is -0.119. The van der Waals surface area contributed by atoms with Crippen LogP contribution < -0.4 is 25.8 Å². The van der Waals surface area contributed by atoms with Crippen LogP contribution in [-0.2, 0) is 11.2 Å². The summed E-state index contributed by atoms with van der Waals surface area (Å²) >= 11 is 1.76. The van der Waals surface area contributed by atoms with Crippen LogP contribution in [0.5, 0.6) is 17.2 Å². The number of hydrogen-bond donors (Lipinski definition) is 4. The number of phenols is 1. The number of aromatic hydroxyl groups is 1. The van der Waals surface area contributed by atoms with E-state index in [0.717, 1.165) is 63.6 Å². The Balaban J connectivity index is 0.00000441. The highest BCUT2D eigenvalue weighted by Gasteiger charge is 2.34. The molecule has 0 spiro atoms. The number of guanidine groups is 1. The molecule has 0 bridgehead atoms. The molecule has 1 aliphatic rings. The average molecular weight is 585 g/mol. The van der Waals surface area contributed by atoms with Crippen LogP contribution in [0.4, 0.5) is 11.4 Å². The highest BCUT2D eigenvalue weighted by Crippen LogP contribution is 2.44. The zero-order valence-electron chi connectivity index (χ0n) is 23.2. The SMILES string of the molecule is Cc1c(C)c2c(c(C)c1O)CCC(C)(CCSc1ccc(N(C(=N)N)c3ccc(OCC(N)=O)cc3)cc1)O2.Cl. The molecule has 4 rings (SSSR count). The Kier molecular flexibility index (Phi) is 9.87. The number of carbonyl (C=O) groups is 1. The summed E-state index contributed by atoms with van der Waals surface area (Å²) in [7, 11) is 0. The first kappa shape index (κ1) is 31.0. The molecule has 6 N–H and O–H groups in total. The van der Waals surface area contributed by atoms with Gasteiger partial charge in [-0.3, -0.25) is 15.1 Å². The van der Waals surface area contributed by atoms with Gasteiger partial charge in [-0.2, -0.15) is 0 Å². The van der Waals surface area contributed by atoms with E-state index in [0.29, 0.717) is 17.2 Å². The Morgan fingerprint density at radius 3 is 2.23 bits per heavy atom. The number of thioether (sulfide) groups is 1. The van der Waals surface area contributed by atoms with Gasteiger partial charge >= 0.3 is 0 Å². The molecule has 0 radical (unpaired) electrons. The second-order valence-corrected chi connectivity index (χ2v) is 11.3. The fourth-order valence-electron chi connectivity index (χ4n) is 4.82. The Bertz CT molecular complexity index is 1380. The molecular weight excluding hydrogens is 548 g/mol. The predicted molar refractivity (Wildman–Crippen MR) is 164 cm³/mol. The maximum absolute atomic E-state index is 10.9. The van der Waals surface area contributed by atoms with Crippen molar-refractivity contribution in [2.24, 2.45) is 11.5 Å². The van der Waals surface area contributed by atoms with Crippen molar-refractivity contribution in [2.45, 2.75) is 57.5 Å². The van der Waals surface area contributed by atoms with Crippen molar-refractivity contribution in [2.75, 3.05) is 17.3 Å². The van der Waals surface area contributed by atoms with E-state index in [9.17, 15) is 9.90 Å². The monoisotopic (exact) mass is 584 g/mol. The predicted octanol–water partition coefficient (Wildman–Crippen LogP) is 5.90. The first-order valence-electron chi connectivity index (χ1n) is 12.9. The number of primary amides is 1. The summed E-state index contributed by atoms with van der Waals surface area (Å²) in [5.74, 6) is 2.05. The number of anilines is 2. The number of carbonyl (C=O) groups excluding carboxylic acids is 1. The molecular formula is C30H37ClN4O4S. The molecule has 10 heteroatoms. The molecule has 40 heavy (non-hydrogen) atoms. The maximum Gasteiger partial charge on any atom is 0.255 e. The first-order valence-corrected chi connectivity index (χ1v) is 13.9. The molecule has 0 aliphatic carbocycles. The number of amides is 1. The number of nitrogens with zero attached hydrogens (tertiary/aromatic N) is 1. The summed E-state index contributed by atoms with van der Waals surface area (Å²) in [6.45, 7) is 7.90. The summed E-state index contributed by atoms with van der Waals surface area (Å²) in [5, 5.41) is 18.5. The second-order valence-electron chi connectivity index (χ2n) is 10.1. The van der Waals surface area contributed by atoms with Gasteiger partial charge in [-0.1, -0.05) is 0 Å². The molecule has 1 heterocycles. The molecule has 1 amide bonds. The zero-order chi connectivity index (χ0) is 28.3. The standard InChI is InChI=1S/C30H36N4O4S.ClH/c1-18-19(2)28-25(20(3)27(18)36)13-14-30(4,38-28)15-16-39-24-11-7-22(8-12-24)34(29(32)33)21-5-9-23(10-6-21)37-17-26(31)35;/h5-12,36H,13-17H2,1-4H3,(H2,31,35)(H3,32,33);1H. The Morgan fingerprint density at radius 1 is 1.05 bits per heavy atom. The van der Waals surface area contributed by atoms with Gasteiger partial charge in [0.15, 0.2) is 12.6 Å². The molecule has 3 aromatic carbocycles. The van der Waals surface area contributed by atoms with Crippen molar-refractivity contribution in [3.05, 3.63) is 70.8 Å². The lowest BCUT2D eigenvalue weighted by Gasteiger charge is -2.38. The van der Waals surface area contributed by atoms with E-state index in [1.165, 1.54) is 0 Å². The third-order valence-corrected chi connectivity index (χ3v) is 8.32. The number of hydrogen-bond acceptors (Lipinski definition) is 6. The first-order chi connectivity index (χ1) is 18.5. The van der Waals surface area contributed by atoms with Crippen LogP contribution in [0.3, 0.4) is 0 Å². The highest BCUT2D eigenvalue weighted by atomic mass is 35.5. The van der Waals surface area contributed by atoms with E-state index >= 15 is 0 Å². The molecule has 0 saturated carbocycles. The average Bonchev–Trinajstić information content (AvgIpc) is 2.91. The van der Waals surface area contributed by atoms with Crippen molar-refractivity contribution in [3.8, 4) is 17.2 Å². The van der Waals surface area contributed by atoms with Crippen LogP contribution in [-0.4, -0.2) is 34.9 Å². The molecule has 214 valence electrons. The zero-order valence-corrected chi connectivity index (χ0v) is 24.9. The summed E-state index contributed by atoms with van der Waals surface area (Å²) in [4.78, 5) is 13.7. The number of nitrogens with two attached hydrogens (primary N) is 2. The molecule has 1 unspecified atom stereocenters. The number of halogens is 1. The van der Waals surface area contributed by atoms with E-state index in [2.05, 4.69) is 6.92 Å². The van der Waals surface area contributed by atoms with Crippen LogP contribution in [0.15, 0.2) is 53.4 Å². The van der Waals surface area contributed by atoms with E-state index < -0.39 is 5.91 Å². The molecule has 1 aliphatic heterocycles. The van der Waals surface area contributed by atoms with Gasteiger partial charge in [-0.15, -0.1) is 24.2 Å². The minimum Gasteiger partial charge on any atom is -0.507 e. The highest BCUT2D eigenvalue weighted by molar-refractivity contribution is 7.99. The fourth-order valence-corrected chi connectivity index (χ4v) is 5.92. The summed E-state index contributed by atoms with van der Waals surface area (Å²) in [5.41, 5.74) is 16.2. The summed E-state index contributed by atoms with van der Waals surface area (Å²) < 4.78 is 11.9. The number of rotatable bonds is 9. The number of phenolic OH excluding ortho intramolecular Hbond substituents is 1. The van der Waals surface area contributed by atoms with Gasteiger partial charge in [-0.25, -0.2) is 0 Å². The van der Waals surface area contributed by atoms with Crippen LogP contribution >= 0.6 is 24.2 Å². The Morgan fingerprint density at radius 2 is 1.65 bits per heavy atom. The third-order valence-electron chi connectivity index (χ3n) is 7.30. The van der Waals surface area contributed by atoms with E-state index in [1.807, 2.05) is 45.0 Å². The number of fused-ring (bicyclic) bond motifs is 1. The summed E-state index contributed by atoms with van der Waals surface area (Å²) in [6, 6.07) is 14.9. The van der Waals surface area contributed by atoms with Gasteiger partial charge in [0, 0.05) is 27.6 Å². The molecule has 8 nitrogen and oxygen atoms in total. The fraction of sp³-hybridized carbons (Fsp3) is 0.333. The molecule has 3 aromatic rings. The smallest absolute Gasteiger partial charge is 0.255 e. The summed E-state index contributed by atoms with van der Waals surface area (Å²) in [6.07, 6.45) is 2.69. The Labute approximate surface area is 246 Å². The van der Waals surface area contributed by atoms with Crippen molar-refractivity contribution in [1.82, 2.24) is 0 Å². The van der Waals surface area contributed by atoms with Crippen LogP contribution in [0, 0.1) is 26.2 Å².